The summed E-state index contributed by atoms with van der Waals surface area (Å²) < 4.78 is 0. The van der Waals surface area contributed by atoms with Crippen LogP contribution in [0, 0.1) is 6.61 Å². The molecule has 16 heavy (non-hydrogen) atoms. The van der Waals surface area contributed by atoms with Crippen molar-refractivity contribution in [2.45, 2.75) is 53.4 Å². The predicted octanol–water partition coefficient (Wildman–Crippen LogP) is 4.94. The van der Waals surface area contributed by atoms with Gasteiger partial charge in [0.15, 0.2) is 0 Å². The molecule has 0 aliphatic heterocycles. The predicted molar refractivity (Wildman–Crippen MR) is 71.6 cm³/mol. The normalized spacial score (nSPS) is 12.8. The van der Waals surface area contributed by atoms with E-state index in [1.54, 1.807) is 6.08 Å². The van der Waals surface area contributed by atoms with Crippen molar-refractivity contribution in [2.75, 3.05) is 0 Å². The Morgan fingerprint density at radius 1 is 0.875 bits per heavy atom. The Morgan fingerprint density at radius 3 is 2.00 bits per heavy atom. The van der Waals surface area contributed by atoms with E-state index < -0.39 is 0 Å². The number of allylic oxidation sites excluding steroid dienone is 5. The minimum Gasteiger partial charge on any atom is -0.386 e. The van der Waals surface area contributed by atoms with Gasteiger partial charge in [-0.25, -0.2) is 0 Å². The second-order valence-electron chi connectivity index (χ2n) is 4.57. The van der Waals surface area contributed by atoms with Crippen LogP contribution >= 0.6 is 0 Å². The van der Waals surface area contributed by atoms with E-state index in [-0.39, 0.29) is 0 Å². The summed E-state index contributed by atoms with van der Waals surface area (Å²) in [4.78, 5) is 0. The van der Waals surface area contributed by atoms with Crippen molar-refractivity contribution in [2.24, 2.45) is 0 Å². The van der Waals surface area contributed by atoms with E-state index in [4.69, 9.17) is 5.11 Å². The van der Waals surface area contributed by atoms with Gasteiger partial charge in [-0.05, 0) is 53.4 Å². The first-order chi connectivity index (χ1) is 7.56. The molecule has 0 saturated heterocycles. The van der Waals surface area contributed by atoms with Crippen molar-refractivity contribution in [1.29, 1.82) is 0 Å². The van der Waals surface area contributed by atoms with E-state index in [2.05, 4.69) is 32.9 Å². The van der Waals surface area contributed by atoms with Gasteiger partial charge in [-0.1, -0.05) is 34.9 Å². The van der Waals surface area contributed by atoms with Crippen molar-refractivity contribution in [3.05, 3.63) is 41.6 Å². The van der Waals surface area contributed by atoms with Crippen LogP contribution in [-0.4, -0.2) is 5.11 Å². The lowest BCUT2D eigenvalue weighted by molar-refractivity contribution is 0.419. The van der Waals surface area contributed by atoms with Crippen LogP contribution in [0.4, 0.5) is 0 Å². The van der Waals surface area contributed by atoms with Crippen LogP contribution < -0.4 is 0 Å². The first-order valence-corrected chi connectivity index (χ1v) is 5.98. The molecule has 0 bridgehead atoms. The van der Waals surface area contributed by atoms with Crippen LogP contribution in [0.3, 0.4) is 0 Å². The van der Waals surface area contributed by atoms with Crippen LogP contribution in [0.1, 0.15) is 53.4 Å². The Morgan fingerprint density at radius 2 is 1.44 bits per heavy atom. The molecule has 0 fully saturated rings. The topological polar surface area (TPSA) is 20.2 Å². The van der Waals surface area contributed by atoms with E-state index in [0.29, 0.717) is 0 Å². The first-order valence-electron chi connectivity index (χ1n) is 5.98. The molecule has 1 heteroatoms. The molecular formula is C15H25O. The third-order valence-corrected chi connectivity index (χ3v) is 2.48. The average Bonchev–Trinajstić information content (AvgIpc) is 2.17. The molecule has 0 atom stereocenters. The molecular weight excluding hydrogens is 196 g/mol. The zero-order valence-corrected chi connectivity index (χ0v) is 11.1. The van der Waals surface area contributed by atoms with Crippen LogP contribution in [0.2, 0.25) is 0 Å². The highest BCUT2D eigenvalue weighted by atomic mass is 16.2. The second-order valence-corrected chi connectivity index (χ2v) is 4.57. The average molecular weight is 221 g/mol. The van der Waals surface area contributed by atoms with Crippen LogP contribution in [0.25, 0.3) is 0 Å². The second kappa shape index (κ2) is 9.41. The smallest absolute Gasteiger partial charge is 0.102 e. The monoisotopic (exact) mass is 221 g/mol. The summed E-state index contributed by atoms with van der Waals surface area (Å²) in [5.74, 6) is 0. The summed E-state index contributed by atoms with van der Waals surface area (Å²) in [6.45, 7) is 9.62. The minimum absolute atomic E-state index is 1.02. The molecule has 1 N–H and O–H groups in total. The van der Waals surface area contributed by atoms with Gasteiger partial charge in [-0.3, -0.25) is 0 Å². The van der Waals surface area contributed by atoms with Gasteiger partial charge >= 0.3 is 0 Å². The van der Waals surface area contributed by atoms with Crippen LogP contribution in [0.15, 0.2) is 34.9 Å². The van der Waals surface area contributed by atoms with E-state index in [1.807, 2.05) is 6.92 Å². The quantitative estimate of drug-likeness (QED) is 0.604. The molecule has 1 nitrogen and oxygen atoms in total. The van der Waals surface area contributed by atoms with Gasteiger partial charge in [0.1, 0.15) is 6.61 Å². The molecule has 0 saturated carbocycles. The maximum Gasteiger partial charge on any atom is 0.102 e. The van der Waals surface area contributed by atoms with Crippen molar-refractivity contribution in [3.8, 4) is 0 Å². The molecule has 0 aliphatic rings. The summed E-state index contributed by atoms with van der Waals surface area (Å²) >= 11 is 0. The van der Waals surface area contributed by atoms with Gasteiger partial charge in [0.25, 0.3) is 0 Å². The Bertz CT molecular complexity index is 265. The third kappa shape index (κ3) is 9.72. The number of hydrogen-bond donors (Lipinski definition) is 1. The van der Waals surface area contributed by atoms with E-state index in [9.17, 15) is 0 Å². The number of aliphatic hydroxyl groups is 1. The van der Waals surface area contributed by atoms with Crippen molar-refractivity contribution >= 4 is 0 Å². The lowest BCUT2D eigenvalue weighted by Gasteiger charge is -2.00. The molecule has 91 valence electrons. The number of hydrogen-bond acceptors (Lipinski definition) is 1. The largest absolute Gasteiger partial charge is 0.386 e. The Hall–Kier alpha value is -0.820. The standard InChI is InChI=1S/C15H25O/c1-13(2)7-5-8-14(3)9-6-10-15(4)11-12-16/h7,9,11-12,16H,5-6,8,10H2,1-4H3. The molecule has 0 unspecified atom stereocenters. The summed E-state index contributed by atoms with van der Waals surface area (Å²) in [7, 11) is 0. The van der Waals surface area contributed by atoms with Gasteiger partial charge in [-0.2, -0.15) is 0 Å². The van der Waals surface area contributed by atoms with E-state index >= 15 is 0 Å². The maximum atomic E-state index is 8.59. The highest BCUT2D eigenvalue weighted by Gasteiger charge is 1.91. The summed E-state index contributed by atoms with van der Waals surface area (Å²) in [6, 6.07) is 0. The molecule has 0 aromatic carbocycles. The summed E-state index contributed by atoms with van der Waals surface area (Å²) in [6.07, 6.45) is 10.7. The van der Waals surface area contributed by atoms with E-state index in [0.717, 1.165) is 32.3 Å². The van der Waals surface area contributed by atoms with Gasteiger partial charge < -0.3 is 5.11 Å². The molecule has 0 rings (SSSR count). The lowest BCUT2D eigenvalue weighted by Crippen LogP contribution is -1.80. The van der Waals surface area contributed by atoms with Crippen molar-refractivity contribution in [1.82, 2.24) is 0 Å². The van der Waals surface area contributed by atoms with Crippen LogP contribution in [0.5, 0.6) is 0 Å². The number of rotatable bonds is 7. The van der Waals surface area contributed by atoms with Gasteiger partial charge in [0, 0.05) is 0 Å². The van der Waals surface area contributed by atoms with Crippen molar-refractivity contribution in [3.63, 3.8) is 0 Å². The van der Waals surface area contributed by atoms with Crippen LogP contribution in [-0.2, 0) is 0 Å². The fourth-order valence-corrected chi connectivity index (χ4v) is 1.45. The molecule has 0 heterocycles. The summed E-state index contributed by atoms with van der Waals surface area (Å²) in [5.41, 5.74) is 4.07. The van der Waals surface area contributed by atoms with Gasteiger partial charge in [-0.15, -0.1) is 0 Å². The Kier molecular flexibility index (Phi) is 8.93. The molecule has 0 aliphatic carbocycles. The SMILES string of the molecule is CC(C)=CCCC(C)=CCCC(C)=C[CH]O. The zero-order valence-electron chi connectivity index (χ0n) is 11.1. The van der Waals surface area contributed by atoms with Gasteiger partial charge in [0.05, 0.1) is 0 Å². The summed E-state index contributed by atoms with van der Waals surface area (Å²) in [5, 5.41) is 8.59. The molecule has 0 spiro atoms. The highest BCUT2D eigenvalue weighted by molar-refractivity contribution is 5.06. The fourth-order valence-electron chi connectivity index (χ4n) is 1.45. The molecule has 1 radical (unpaired) electrons. The number of aliphatic hydroxyl groups excluding tert-OH is 1. The third-order valence-electron chi connectivity index (χ3n) is 2.48. The molecule has 0 aromatic rings. The van der Waals surface area contributed by atoms with Gasteiger partial charge in [0.2, 0.25) is 0 Å². The first kappa shape index (κ1) is 15.2. The van der Waals surface area contributed by atoms with Crippen molar-refractivity contribution < 1.29 is 5.11 Å². The fraction of sp³-hybridized carbons (Fsp3) is 0.533. The molecule has 0 amide bonds. The zero-order chi connectivity index (χ0) is 12.4. The Balaban J connectivity index is 3.79. The Labute approximate surface area is 101 Å². The minimum atomic E-state index is 1.02. The lowest BCUT2D eigenvalue weighted by atomic mass is 10.1. The van der Waals surface area contributed by atoms with E-state index in [1.165, 1.54) is 16.7 Å². The molecule has 0 aromatic heterocycles. The maximum absolute atomic E-state index is 8.59. The highest BCUT2D eigenvalue weighted by Crippen LogP contribution is 2.11.